The summed E-state index contributed by atoms with van der Waals surface area (Å²) in [6, 6.07) is 6.75. The summed E-state index contributed by atoms with van der Waals surface area (Å²) < 4.78 is 0. The number of halogens is 2. The second-order valence-electron chi connectivity index (χ2n) is 1.62. The third kappa shape index (κ3) is 2.43. The monoisotopic (exact) mass is 179 g/mol. The minimum absolute atomic E-state index is 0. The molecule has 1 rings (SSSR count). The van der Waals surface area contributed by atoms with Crippen molar-refractivity contribution in [2.24, 2.45) is 0 Å². The quantitative estimate of drug-likeness (QED) is 0.651. The van der Waals surface area contributed by atoms with Gasteiger partial charge in [0, 0.05) is 5.02 Å². The fourth-order valence-corrected chi connectivity index (χ4v) is 0.650. The van der Waals surface area contributed by atoms with E-state index in [1.54, 1.807) is 24.3 Å². The van der Waals surface area contributed by atoms with Crippen molar-refractivity contribution in [3.8, 4) is 0 Å². The van der Waals surface area contributed by atoms with Crippen molar-refractivity contribution in [3.05, 3.63) is 29.3 Å². The molecule has 0 aromatic heterocycles. The van der Waals surface area contributed by atoms with Crippen molar-refractivity contribution in [1.82, 2.24) is 0 Å². The lowest BCUT2D eigenvalue weighted by molar-refractivity contribution is 0.389. The molecule has 0 saturated heterocycles. The van der Waals surface area contributed by atoms with E-state index in [0.717, 1.165) is 0 Å². The first-order valence-corrected chi connectivity index (χ1v) is 2.86. The number of hydrogen-bond acceptors (Lipinski definition) is 2. The van der Waals surface area contributed by atoms with E-state index in [4.69, 9.17) is 16.8 Å². The first-order valence-electron chi connectivity index (χ1n) is 2.48. The lowest BCUT2D eigenvalue weighted by Gasteiger charge is -1.95. The Kier molecular flexibility index (Phi) is 4.19. The molecule has 0 saturated carbocycles. The van der Waals surface area contributed by atoms with Gasteiger partial charge in [0.05, 0.1) is 5.69 Å². The van der Waals surface area contributed by atoms with E-state index in [1.165, 1.54) is 0 Å². The molecule has 10 heavy (non-hydrogen) atoms. The first-order chi connectivity index (χ1) is 4.33. The van der Waals surface area contributed by atoms with Crippen LogP contribution >= 0.6 is 24.0 Å². The normalized spacial score (nSPS) is 8.20. The van der Waals surface area contributed by atoms with Crippen LogP contribution in [-0.2, 0) is 0 Å². The van der Waals surface area contributed by atoms with Crippen LogP contribution in [0, 0.1) is 0 Å². The minimum atomic E-state index is 0. The topological polar surface area (TPSA) is 32.3 Å². The fraction of sp³-hybridized carbons (Fsp3) is 0. The van der Waals surface area contributed by atoms with Gasteiger partial charge in [0.25, 0.3) is 0 Å². The van der Waals surface area contributed by atoms with Gasteiger partial charge in [-0.3, -0.25) is 10.7 Å². The van der Waals surface area contributed by atoms with Crippen LogP contribution < -0.4 is 5.48 Å². The van der Waals surface area contributed by atoms with Crippen LogP contribution in [0.4, 0.5) is 5.69 Å². The number of hydrogen-bond donors (Lipinski definition) is 2. The van der Waals surface area contributed by atoms with Crippen molar-refractivity contribution in [2.75, 3.05) is 5.48 Å². The molecule has 0 fully saturated rings. The van der Waals surface area contributed by atoms with E-state index < -0.39 is 0 Å². The van der Waals surface area contributed by atoms with Crippen LogP contribution in [0.15, 0.2) is 24.3 Å². The van der Waals surface area contributed by atoms with E-state index in [9.17, 15) is 0 Å². The summed E-state index contributed by atoms with van der Waals surface area (Å²) in [7, 11) is 0. The SMILES string of the molecule is Cl.ONc1ccc(Cl)cc1. The van der Waals surface area contributed by atoms with Gasteiger partial charge < -0.3 is 0 Å². The molecule has 0 aliphatic rings. The highest BCUT2D eigenvalue weighted by atomic mass is 35.5. The van der Waals surface area contributed by atoms with E-state index in [1.807, 2.05) is 5.48 Å². The number of anilines is 1. The summed E-state index contributed by atoms with van der Waals surface area (Å²) in [5.41, 5.74) is 2.63. The van der Waals surface area contributed by atoms with Crippen LogP contribution in [0.5, 0.6) is 0 Å². The summed E-state index contributed by atoms with van der Waals surface area (Å²) >= 11 is 5.56. The van der Waals surface area contributed by atoms with Gasteiger partial charge in [-0.05, 0) is 24.3 Å². The van der Waals surface area contributed by atoms with Crippen LogP contribution in [0.25, 0.3) is 0 Å². The Morgan fingerprint density at radius 1 is 1.20 bits per heavy atom. The van der Waals surface area contributed by atoms with Crippen molar-refractivity contribution >= 4 is 29.7 Å². The van der Waals surface area contributed by atoms with Crippen LogP contribution in [0.2, 0.25) is 5.02 Å². The Morgan fingerprint density at radius 2 is 1.70 bits per heavy atom. The zero-order valence-electron chi connectivity index (χ0n) is 5.04. The molecule has 0 atom stereocenters. The Balaban J connectivity index is 0.000000810. The summed E-state index contributed by atoms with van der Waals surface area (Å²) in [6.07, 6.45) is 0. The van der Waals surface area contributed by atoms with E-state index in [2.05, 4.69) is 0 Å². The van der Waals surface area contributed by atoms with Gasteiger partial charge in [-0.2, -0.15) is 0 Å². The fourth-order valence-electron chi connectivity index (χ4n) is 0.524. The second-order valence-corrected chi connectivity index (χ2v) is 2.06. The van der Waals surface area contributed by atoms with Crippen LogP contribution in [0.3, 0.4) is 0 Å². The van der Waals surface area contributed by atoms with Crippen LogP contribution in [0.1, 0.15) is 0 Å². The third-order valence-electron chi connectivity index (χ3n) is 0.973. The van der Waals surface area contributed by atoms with Gasteiger partial charge in [0.1, 0.15) is 0 Å². The third-order valence-corrected chi connectivity index (χ3v) is 1.23. The Labute approximate surface area is 70.2 Å². The average Bonchev–Trinajstić information content (AvgIpc) is 1.90. The largest absolute Gasteiger partial charge is 0.291 e. The van der Waals surface area contributed by atoms with E-state index in [0.29, 0.717) is 10.7 Å². The summed E-state index contributed by atoms with van der Waals surface area (Å²) in [5, 5.41) is 9.00. The van der Waals surface area contributed by atoms with Crippen molar-refractivity contribution in [2.45, 2.75) is 0 Å². The minimum Gasteiger partial charge on any atom is -0.291 e. The van der Waals surface area contributed by atoms with Gasteiger partial charge in [-0.1, -0.05) is 11.6 Å². The number of benzene rings is 1. The maximum Gasteiger partial charge on any atom is 0.0603 e. The molecule has 0 amide bonds. The van der Waals surface area contributed by atoms with Crippen molar-refractivity contribution < 1.29 is 5.21 Å². The predicted molar refractivity (Wildman–Crippen MR) is 44.1 cm³/mol. The lowest BCUT2D eigenvalue weighted by Crippen LogP contribution is -1.86. The van der Waals surface area contributed by atoms with Gasteiger partial charge in [-0.15, -0.1) is 12.4 Å². The molecule has 2 N–H and O–H groups in total. The predicted octanol–water partition coefficient (Wildman–Crippen LogP) is 2.56. The highest BCUT2D eigenvalue weighted by Gasteiger charge is 1.86. The van der Waals surface area contributed by atoms with Crippen LogP contribution in [-0.4, -0.2) is 5.21 Å². The zero-order chi connectivity index (χ0) is 6.69. The molecule has 0 bridgehead atoms. The van der Waals surface area contributed by atoms with Gasteiger partial charge >= 0.3 is 0 Å². The van der Waals surface area contributed by atoms with E-state index >= 15 is 0 Å². The summed E-state index contributed by atoms with van der Waals surface area (Å²) in [4.78, 5) is 0. The molecule has 0 spiro atoms. The highest BCUT2D eigenvalue weighted by molar-refractivity contribution is 6.30. The Hall–Kier alpha value is -0.440. The van der Waals surface area contributed by atoms with Gasteiger partial charge in [0.2, 0.25) is 0 Å². The molecule has 1 aromatic carbocycles. The van der Waals surface area contributed by atoms with Gasteiger partial charge in [-0.25, -0.2) is 0 Å². The lowest BCUT2D eigenvalue weighted by atomic mass is 10.3. The van der Waals surface area contributed by atoms with Gasteiger partial charge in [0.15, 0.2) is 0 Å². The maximum atomic E-state index is 8.34. The summed E-state index contributed by atoms with van der Waals surface area (Å²) in [5.74, 6) is 0. The standard InChI is InChI=1S/C6H6ClNO.ClH/c7-5-1-3-6(8-9)4-2-5;/h1-4,8-9H;1H. The molecule has 0 heterocycles. The molecule has 0 unspecified atom stereocenters. The number of rotatable bonds is 1. The Bertz CT molecular complexity index is 187. The molecule has 1 aromatic rings. The first kappa shape index (κ1) is 9.56. The molecule has 0 aliphatic heterocycles. The number of nitrogens with one attached hydrogen (secondary N) is 1. The van der Waals surface area contributed by atoms with Crippen molar-refractivity contribution in [3.63, 3.8) is 0 Å². The molecular formula is C6H7Cl2NO. The molecular weight excluding hydrogens is 173 g/mol. The molecule has 56 valence electrons. The molecule has 2 nitrogen and oxygen atoms in total. The molecule has 0 aliphatic carbocycles. The average molecular weight is 180 g/mol. The molecule has 4 heteroatoms. The Morgan fingerprint density at radius 3 is 2.10 bits per heavy atom. The van der Waals surface area contributed by atoms with Crippen molar-refractivity contribution in [1.29, 1.82) is 0 Å². The smallest absolute Gasteiger partial charge is 0.0603 e. The molecule has 0 radical (unpaired) electrons. The summed E-state index contributed by atoms with van der Waals surface area (Å²) in [6.45, 7) is 0. The maximum absolute atomic E-state index is 8.34. The van der Waals surface area contributed by atoms with E-state index in [-0.39, 0.29) is 12.4 Å². The highest BCUT2D eigenvalue weighted by Crippen LogP contribution is 2.11. The zero-order valence-corrected chi connectivity index (χ0v) is 6.62. The second kappa shape index (κ2) is 4.39.